The van der Waals surface area contributed by atoms with E-state index in [2.05, 4.69) is 12.1 Å². The number of rotatable bonds is 3. The number of fused-ring (bicyclic) bond motifs is 2. The molecule has 2 N–H and O–H groups in total. The van der Waals surface area contributed by atoms with E-state index in [9.17, 15) is 15.0 Å². The molecule has 0 saturated carbocycles. The number of hydrogen-bond donors (Lipinski definition) is 2. The fraction of sp³-hybridized carbons (Fsp3) is 0.136. The molecule has 0 fully saturated rings. The second-order valence-corrected chi connectivity index (χ2v) is 6.47. The van der Waals surface area contributed by atoms with Gasteiger partial charge in [-0.15, -0.1) is 0 Å². The number of Topliss-reactive ketones (excluding diaryl/α,β-unsaturated/α-hetero) is 1. The molecule has 0 spiro atoms. The van der Waals surface area contributed by atoms with Gasteiger partial charge in [-0.25, -0.2) is 0 Å². The lowest BCUT2D eigenvalue weighted by molar-refractivity contribution is 0.0991. The first kappa shape index (κ1) is 16.2. The van der Waals surface area contributed by atoms with Gasteiger partial charge in [0.1, 0.15) is 28.6 Å². The van der Waals surface area contributed by atoms with Gasteiger partial charge in [0.15, 0.2) is 5.78 Å². The van der Waals surface area contributed by atoms with Gasteiger partial charge in [-0.3, -0.25) is 4.79 Å². The number of phenolic OH excluding ortho intramolecular Hbond substituents is 2. The SMILES string of the molecule is O=C1Cc2cc(CCc3ccccc3)ccc2Oc2cc(O)cc(O)c21. The van der Waals surface area contributed by atoms with Crippen molar-refractivity contribution in [3.05, 3.63) is 82.9 Å². The highest BCUT2D eigenvalue weighted by Gasteiger charge is 2.25. The average Bonchev–Trinajstić information content (AvgIpc) is 2.75. The summed E-state index contributed by atoms with van der Waals surface area (Å²) < 4.78 is 5.81. The van der Waals surface area contributed by atoms with Crippen molar-refractivity contribution in [3.8, 4) is 23.0 Å². The summed E-state index contributed by atoms with van der Waals surface area (Å²) in [5.41, 5.74) is 3.30. The lowest BCUT2D eigenvalue weighted by atomic mass is 9.98. The average molecular weight is 346 g/mol. The Morgan fingerprint density at radius 1 is 0.846 bits per heavy atom. The molecule has 26 heavy (non-hydrogen) atoms. The zero-order valence-electron chi connectivity index (χ0n) is 14.1. The molecule has 0 aliphatic carbocycles. The molecule has 0 bridgehead atoms. The Morgan fingerprint density at radius 2 is 1.62 bits per heavy atom. The lowest BCUT2D eigenvalue weighted by Gasteiger charge is -2.11. The fourth-order valence-corrected chi connectivity index (χ4v) is 3.29. The number of ketones is 1. The van der Waals surface area contributed by atoms with Crippen LogP contribution in [0.25, 0.3) is 0 Å². The van der Waals surface area contributed by atoms with Crippen molar-refractivity contribution in [2.75, 3.05) is 0 Å². The number of aryl methyl sites for hydroxylation is 2. The zero-order valence-corrected chi connectivity index (χ0v) is 14.1. The standard InChI is InChI=1S/C22H18O4/c23-17-12-19(25)22-18(24)11-16-10-15(7-6-14-4-2-1-3-5-14)8-9-20(16)26-21(22)13-17/h1-5,8-10,12-13,23,25H,6-7,11H2. The summed E-state index contributed by atoms with van der Waals surface area (Å²) in [6.07, 6.45) is 1.94. The summed E-state index contributed by atoms with van der Waals surface area (Å²) >= 11 is 0. The molecule has 0 amide bonds. The maximum absolute atomic E-state index is 12.6. The van der Waals surface area contributed by atoms with E-state index in [0.717, 1.165) is 30.0 Å². The largest absolute Gasteiger partial charge is 0.508 e. The van der Waals surface area contributed by atoms with E-state index in [0.29, 0.717) is 5.75 Å². The van der Waals surface area contributed by atoms with Gasteiger partial charge in [-0.05, 0) is 30.0 Å². The van der Waals surface area contributed by atoms with E-state index >= 15 is 0 Å². The molecule has 4 nitrogen and oxygen atoms in total. The van der Waals surface area contributed by atoms with Crippen molar-refractivity contribution in [3.63, 3.8) is 0 Å². The maximum Gasteiger partial charge on any atom is 0.174 e. The third-order valence-electron chi connectivity index (χ3n) is 4.59. The van der Waals surface area contributed by atoms with E-state index < -0.39 is 0 Å². The summed E-state index contributed by atoms with van der Waals surface area (Å²) in [5.74, 6) is 0.129. The number of phenols is 2. The minimum atomic E-state index is -0.262. The molecule has 0 saturated heterocycles. The van der Waals surface area contributed by atoms with Gasteiger partial charge < -0.3 is 14.9 Å². The highest BCUT2D eigenvalue weighted by Crippen LogP contribution is 2.40. The van der Waals surface area contributed by atoms with Gasteiger partial charge in [-0.1, -0.05) is 42.5 Å². The number of aromatic hydroxyl groups is 2. The Morgan fingerprint density at radius 3 is 2.42 bits per heavy atom. The van der Waals surface area contributed by atoms with Gasteiger partial charge >= 0.3 is 0 Å². The first-order valence-corrected chi connectivity index (χ1v) is 8.53. The van der Waals surface area contributed by atoms with Crippen molar-refractivity contribution < 1.29 is 19.7 Å². The van der Waals surface area contributed by atoms with Crippen LogP contribution < -0.4 is 4.74 Å². The molecule has 3 aromatic carbocycles. The Balaban J connectivity index is 1.62. The molecule has 0 aromatic heterocycles. The van der Waals surface area contributed by atoms with Gasteiger partial charge in [0, 0.05) is 24.1 Å². The van der Waals surface area contributed by atoms with Gasteiger partial charge in [0.05, 0.1) is 0 Å². The molecule has 0 unspecified atom stereocenters. The molecule has 0 radical (unpaired) electrons. The molecule has 1 aliphatic heterocycles. The zero-order chi connectivity index (χ0) is 18.1. The van der Waals surface area contributed by atoms with Crippen molar-refractivity contribution in [1.29, 1.82) is 0 Å². The smallest absolute Gasteiger partial charge is 0.174 e. The van der Waals surface area contributed by atoms with Crippen LogP contribution in [0.2, 0.25) is 0 Å². The second kappa shape index (κ2) is 6.56. The van der Waals surface area contributed by atoms with Crippen LogP contribution in [0.5, 0.6) is 23.0 Å². The minimum Gasteiger partial charge on any atom is -0.508 e. The van der Waals surface area contributed by atoms with Crippen LogP contribution in [-0.2, 0) is 19.3 Å². The molecule has 0 atom stereocenters. The van der Waals surface area contributed by atoms with Crippen LogP contribution >= 0.6 is 0 Å². The first-order valence-electron chi connectivity index (χ1n) is 8.53. The normalized spacial score (nSPS) is 12.7. The fourth-order valence-electron chi connectivity index (χ4n) is 3.29. The van der Waals surface area contributed by atoms with E-state index in [4.69, 9.17) is 4.74 Å². The van der Waals surface area contributed by atoms with Crippen LogP contribution in [0.4, 0.5) is 0 Å². The van der Waals surface area contributed by atoms with Gasteiger partial charge in [-0.2, -0.15) is 0 Å². The molecule has 1 heterocycles. The van der Waals surface area contributed by atoms with Gasteiger partial charge in [0.25, 0.3) is 0 Å². The quantitative estimate of drug-likeness (QED) is 0.737. The molecular formula is C22H18O4. The molecule has 130 valence electrons. The number of carbonyl (C=O) groups is 1. The summed E-state index contributed by atoms with van der Waals surface area (Å²) in [6, 6.07) is 18.6. The highest BCUT2D eigenvalue weighted by molar-refractivity contribution is 6.03. The Bertz CT molecular complexity index is 977. The first-order chi connectivity index (χ1) is 12.6. The summed E-state index contributed by atoms with van der Waals surface area (Å²) in [4.78, 5) is 12.6. The summed E-state index contributed by atoms with van der Waals surface area (Å²) in [7, 11) is 0. The number of ether oxygens (including phenoxy) is 1. The Kier molecular flexibility index (Phi) is 4.09. The van der Waals surface area contributed by atoms with E-state index in [1.807, 2.05) is 36.4 Å². The predicted octanol–water partition coefficient (Wildman–Crippen LogP) is 4.41. The number of hydrogen-bond acceptors (Lipinski definition) is 4. The Hall–Kier alpha value is -3.27. The molecule has 4 heteroatoms. The molecule has 1 aliphatic rings. The van der Waals surface area contributed by atoms with E-state index in [1.54, 1.807) is 0 Å². The van der Waals surface area contributed by atoms with E-state index in [-0.39, 0.29) is 35.0 Å². The Labute approximate surface area is 151 Å². The number of benzene rings is 3. The topological polar surface area (TPSA) is 66.8 Å². The van der Waals surface area contributed by atoms with Crippen LogP contribution in [0.1, 0.15) is 27.0 Å². The third-order valence-corrected chi connectivity index (χ3v) is 4.59. The van der Waals surface area contributed by atoms with Crippen LogP contribution in [0.3, 0.4) is 0 Å². The summed E-state index contributed by atoms with van der Waals surface area (Å²) in [6.45, 7) is 0. The molecule has 4 rings (SSSR count). The minimum absolute atomic E-state index is 0.116. The number of carbonyl (C=O) groups excluding carboxylic acids is 1. The predicted molar refractivity (Wildman–Crippen MR) is 98.2 cm³/mol. The van der Waals surface area contributed by atoms with Crippen molar-refractivity contribution >= 4 is 5.78 Å². The monoisotopic (exact) mass is 346 g/mol. The summed E-state index contributed by atoms with van der Waals surface area (Å²) in [5, 5.41) is 19.7. The third kappa shape index (κ3) is 3.14. The molecule has 3 aromatic rings. The van der Waals surface area contributed by atoms with Crippen LogP contribution in [0.15, 0.2) is 60.7 Å². The van der Waals surface area contributed by atoms with Gasteiger partial charge in [0.2, 0.25) is 0 Å². The van der Waals surface area contributed by atoms with Crippen molar-refractivity contribution in [2.24, 2.45) is 0 Å². The highest BCUT2D eigenvalue weighted by atomic mass is 16.5. The van der Waals surface area contributed by atoms with Crippen LogP contribution in [-0.4, -0.2) is 16.0 Å². The van der Waals surface area contributed by atoms with E-state index in [1.165, 1.54) is 11.6 Å². The van der Waals surface area contributed by atoms with Crippen molar-refractivity contribution in [2.45, 2.75) is 19.3 Å². The maximum atomic E-state index is 12.6. The molecular weight excluding hydrogens is 328 g/mol. The second-order valence-electron chi connectivity index (χ2n) is 6.47. The van der Waals surface area contributed by atoms with Crippen LogP contribution in [0, 0.1) is 0 Å². The lowest BCUT2D eigenvalue weighted by Crippen LogP contribution is -2.02. The van der Waals surface area contributed by atoms with Crippen molar-refractivity contribution in [1.82, 2.24) is 0 Å².